The summed E-state index contributed by atoms with van der Waals surface area (Å²) in [4.78, 5) is 15.2. The number of fused-ring (bicyclic) bond motifs is 1. The lowest BCUT2D eigenvalue weighted by atomic mass is 10.2. The molecule has 1 amide bonds. The zero-order chi connectivity index (χ0) is 15.4. The van der Waals surface area contributed by atoms with Crippen molar-refractivity contribution in [3.63, 3.8) is 0 Å². The minimum atomic E-state index is -0.0563. The molecule has 0 unspecified atom stereocenters. The number of ether oxygens (including phenoxy) is 1. The molecule has 0 saturated carbocycles. The summed E-state index contributed by atoms with van der Waals surface area (Å²) in [6.45, 7) is 4.49. The van der Waals surface area contributed by atoms with Crippen molar-refractivity contribution in [1.29, 1.82) is 0 Å². The first-order valence-electron chi connectivity index (χ1n) is 7.39. The van der Waals surface area contributed by atoms with Gasteiger partial charge in [-0.3, -0.25) is 4.79 Å². The second-order valence-electron chi connectivity index (χ2n) is 5.44. The zero-order valence-corrected chi connectivity index (χ0v) is 12.6. The summed E-state index contributed by atoms with van der Waals surface area (Å²) < 4.78 is 7.91. The molecule has 0 saturated heterocycles. The molecule has 116 valence electrons. The SMILES string of the molecule is CC(=O)Nc1ccc(CNC[C@H]2Cn3ccnc3CO2)cc1. The Labute approximate surface area is 129 Å². The van der Waals surface area contributed by atoms with E-state index >= 15 is 0 Å². The van der Waals surface area contributed by atoms with Gasteiger partial charge in [0.25, 0.3) is 0 Å². The predicted octanol–water partition coefficient (Wildman–Crippen LogP) is 1.53. The molecular weight excluding hydrogens is 280 g/mol. The van der Waals surface area contributed by atoms with Gasteiger partial charge in [-0.1, -0.05) is 12.1 Å². The third-order valence-corrected chi connectivity index (χ3v) is 3.63. The number of hydrogen-bond acceptors (Lipinski definition) is 4. The Bertz CT molecular complexity index is 636. The molecule has 1 aromatic carbocycles. The van der Waals surface area contributed by atoms with Crippen LogP contribution in [0.5, 0.6) is 0 Å². The Hall–Kier alpha value is -2.18. The molecule has 0 radical (unpaired) electrons. The predicted molar refractivity (Wildman–Crippen MR) is 83.3 cm³/mol. The van der Waals surface area contributed by atoms with Crippen LogP contribution >= 0.6 is 0 Å². The molecule has 1 aliphatic heterocycles. The number of hydrogen-bond donors (Lipinski definition) is 2. The third-order valence-electron chi connectivity index (χ3n) is 3.63. The van der Waals surface area contributed by atoms with Gasteiger partial charge in [-0.2, -0.15) is 0 Å². The van der Waals surface area contributed by atoms with E-state index in [4.69, 9.17) is 4.74 Å². The minimum Gasteiger partial charge on any atom is -0.367 e. The molecule has 0 bridgehead atoms. The summed E-state index contributed by atoms with van der Waals surface area (Å²) in [5.74, 6) is 0.934. The van der Waals surface area contributed by atoms with Crippen LogP contribution < -0.4 is 10.6 Å². The number of nitrogens with one attached hydrogen (secondary N) is 2. The van der Waals surface area contributed by atoms with Crippen molar-refractivity contribution >= 4 is 11.6 Å². The van der Waals surface area contributed by atoms with E-state index in [1.165, 1.54) is 12.5 Å². The van der Waals surface area contributed by atoms with E-state index in [0.717, 1.165) is 31.1 Å². The fourth-order valence-corrected chi connectivity index (χ4v) is 2.52. The van der Waals surface area contributed by atoms with Gasteiger partial charge in [0, 0.05) is 38.1 Å². The van der Waals surface area contributed by atoms with Gasteiger partial charge in [-0.15, -0.1) is 0 Å². The number of imidazole rings is 1. The van der Waals surface area contributed by atoms with Gasteiger partial charge < -0.3 is 19.9 Å². The van der Waals surface area contributed by atoms with Crippen molar-refractivity contribution < 1.29 is 9.53 Å². The molecule has 0 spiro atoms. The van der Waals surface area contributed by atoms with Gasteiger partial charge in [-0.25, -0.2) is 4.98 Å². The molecular formula is C16H20N4O2. The first kappa shape index (κ1) is 14.7. The van der Waals surface area contributed by atoms with E-state index in [1.54, 1.807) is 0 Å². The highest BCUT2D eigenvalue weighted by Crippen LogP contribution is 2.12. The largest absolute Gasteiger partial charge is 0.367 e. The van der Waals surface area contributed by atoms with Crippen LogP contribution in [-0.4, -0.2) is 28.1 Å². The highest BCUT2D eigenvalue weighted by molar-refractivity contribution is 5.88. The molecule has 22 heavy (non-hydrogen) atoms. The Kier molecular flexibility index (Phi) is 4.50. The molecule has 0 aliphatic carbocycles. The lowest BCUT2D eigenvalue weighted by Gasteiger charge is -2.24. The smallest absolute Gasteiger partial charge is 0.221 e. The van der Waals surface area contributed by atoms with E-state index in [0.29, 0.717) is 6.61 Å². The highest BCUT2D eigenvalue weighted by Gasteiger charge is 2.18. The summed E-state index contributed by atoms with van der Waals surface area (Å²) in [5.41, 5.74) is 1.99. The van der Waals surface area contributed by atoms with E-state index in [2.05, 4.69) is 20.2 Å². The number of amides is 1. The van der Waals surface area contributed by atoms with Crippen LogP contribution in [0.15, 0.2) is 36.7 Å². The van der Waals surface area contributed by atoms with E-state index in [9.17, 15) is 4.79 Å². The Morgan fingerprint density at radius 2 is 2.23 bits per heavy atom. The topological polar surface area (TPSA) is 68.2 Å². The van der Waals surface area contributed by atoms with Crippen LogP contribution in [0.4, 0.5) is 5.69 Å². The van der Waals surface area contributed by atoms with Gasteiger partial charge in [-0.05, 0) is 17.7 Å². The molecule has 1 aromatic heterocycles. The third kappa shape index (κ3) is 3.72. The van der Waals surface area contributed by atoms with Crippen molar-refractivity contribution in [1.82, 2.24) is 14.9 Å². The lowest BCUT2D eigenvalue weighted by molar-refractivity contribution is -0.114. The summed E-state index contributed by atoms with van der Waals surface area (Å²) in [7, 11) is 0. The number of nitrogens with zero attached hydrogens (tertiary/aromatic N) is 2. The van der Waals surface area contributed by atoms with Crippen LogP contribution in [0.25, 0.3) is 0 Å². The van der Waals surface area contributed by atoms with Gasteiger partial charge in [0.2, 0.25) is 5.91 Å². The maximum Gasteiger partial charge on any atom is 0.221 e. The van der Waals surface area contributed by atoms with Crippen LogP contribution in [0, 0.1) is 0 Å². The van der Waals surface area contributed by atoms with Crippen molar-refractivity contribution in [2.75, 3.05) is 11.9 Å². The molecule has 2 heterocycles. The normalized spacial score (nSPS) is 17.0. The number of carbonyl (C=O) groups is 1. The second-order valence-corrected chi connectivity index (χ2v) is 5.44. The first-order chi connectivity index (χ1) is 10.7. The molecule has 6 nitrogen and oxygen atoms in total. The standard InChI is InChI=1S/C16H20N4O2/c1-12(21)19-14-4-2-13(3-5-14)8-17-9-15-10-20-7-6-18-16(20)11-22-15/h2-7,15,17H,8-11H2,1H3,(H,19,21)/t15-/m0/s1. The fraction of sp³-hybridized carbons (Fsp3) is 0.375. The highest BCUT2D eigenvalue weighted by atomic mass is 16.5. The molecule has 3 rings (SSSR count). The number of anilines is 1. The fourth-order valence-electron chi connectivity index (χ4n) is 2.52. The van der Waals surface area contributed by atoms with Gasteiger partial charge in [0.05, 0.1) is 12.6 Å². The van der Waals surface area contributed by atoms with Crippen molar-refractivity contribution in [3.8, 4) is 0 Å². The average molecular weight is 300 g/mol. The van der Waals surface area contributed by atoms with Crippen LogP contribution in [-0.2, 0) is 29.2 Å². The molecule has 2 N–H and O–H groups in total. The second kappa shape index (κ2) is 6.72. The number of rotatable bonds is 5. The minimum absolute atomic E-state index is 0.0563. The summed E-state index contributed by atoms with van der Waals surface area (Å²) in [6, 6.07) is 7.84. The number of carbonyl (C=O) groups excluding carboxylic acids is 1. The van der Waals surface area contributed by atoms with Crippen molar-refractivity contribution in [2.45, 2.75) is 32.7 Å². The Morgan fingerprint density at radius 3 is 3.00 bits per heavy atom. The number of aromatic nitrogens is 2. The first-order valence-corrected chi connectivity index (χ1v) is 7.39. The zero-order valence-electron chi connectivity index (χ0n) is 12.6. The van der Waals surface area contributed by atoms with Crippen LogP contribution in [0.1, 0.15) is 18.3 Å². The quantitative estimate of drug-likeness (QED) is 0.879. The van der Waals surface area contributed by atoms with Crippen LogP contribution in [0.3, 0.4) is 0 Å². The molecule has 2 aromatic rings. The van der Waals surface area contributed by atoms with E-state index < -0.39 is 0 Å². The monoisotopic (exact) mass is 300 g/mol. The molecule has 6 heteroatoms. The van der Waals surface area contributed by atoms with Crippen molar-refractivity contribution in [3.05, 3.63) is 48.0 Å². The maximum absolute atomic E-state index is 11.0. The van der Waals surface area contributed by atoms with Gasteiger partial charge in [0.1, 0.15) is 12.4 Å². The van der Waals surface area contributed by atoms with E-state index in [-0.39, 0.29) is 12.0 Å². The summed E-state index contributed by atoms with van der Waals surface area (Å²) >= 11 is 0. The van der Waals surface area contributed by atoms with Crippen molar-refractivity contribution in [2.24, 2.45) is 0 Å². The molecule has 0 fully saturated rings. The molecule has 1 aliphatic rings. The maximum atomic E-state index is 11.0. The summed E-state index contributed by atoms with van der Waals surface area (Å²) in [5, 5.41) is 6.17. The average Bonchev–Trinajstić information content (AvgIpc) is 2.96. The summed E-state index contributed by atoms with van der Waals surface area (Å²) in [6.07, 6.45) is 3.97. The van der Waals surface area contributed by atoms with Crippen LogP contribution in [0.2, 0.25) is 0 Å². The van der Waals surface area contributed by atoms with Gasteiger partial charge >= 0.3 is 0 Å². The molecule has 1 atom stereocenters. The Morgan fingerprint density at radius 1 is 1.41 bits per heavy atom. The lowest BCUT2D eigenvalue weighted by Crippen LogP contribution is -2.35. The van der Waals surface area contributed by atoms with Gasteiger partial charge in [0.15, 0.2) is 0 Å². The van der Waals surface area contributed by atoms with E-state index in [1.807, 2.05) is 36.7 Å². The Balaban J connectivity index is 1.44. The number of benzene rings is 1.